The molecule has 3 rings (SSSR count). The van der Waals surface area contributed by atoms with Crippen molar-refractivity contribution in [1.82, 2.24) is 15.1 Å². The number of amides is 4. The lowest BCUT2D eigenvalue weighted by Crippen LogP contribution is -2.51. The number of anilines is 1. The highest BCUT2D eigenvalue weighted by atomic mass is 19.1. The van der Waals surface area contributed by atoms with Gasteiger partial charge < -0.3 is 20.4 Å². The van der Waals surface area contributed by atoms with Crippen molar-refractivity contribution < 1.29 is 18.8 Å². The molecule has 29 heavy (non-hydrogen) atoms. The van der Waals surface area contributed by atoms with Gasteiger partial charge in [-0.2, -0.15) is 0 Å². The smallest absolute Gasteiger partial charge is 0.321 e. The van der Waals surface area contributed by atoms with Crippen LogP contribution < -0.4 is 10.6 Å². The van der Waals surface area contributed by atoms with Crippen molar-refractivity contribution in [2.24, 2.45) is 0 Å². The molecule has 0 saturated carbocycles. The second-order valence-corrected chi connectivity index (χ2v) is 6.77. The molecule has 2 aromatic rings. The molecule has 4 amide bonds. The van der Waals surface area contributed by atoms with Gasteiger partial charge in [0.05, 0.1) is 0 Å². The van der Waals surface area contributed by atoms with Crippen LogP contribution in [0.3, 0.4) is 0 Å². The third kappa shape index (κ3) is 4.53. The Morgan fingerprint density at radius 1 is 0.931 bits per heavy atom. The van der Waals surface area contributed by atoms with Gasteiger partial charge in [0, 0.05) is 50.0 Å². The molecule has 1 aliphatic heterocycles. The number of nitrogens with one attached hydrogen (secondary N) is 2. The lowest BCUT2D eigenvalue weighted by molar-refractivity contribution is 0.0671. The SMILES string of the molecule is CNC(=O)c1cccc(NC(=O)N2CCN(C(=O)c3ccc(F)cc3)CC2)c1C. The van der Waals surface area contributed by atoms with Crippen LogP contribution in [0.15, 0.2) is 42.5 Å². The molecule has 8 heteroatoms. The third-order valence-corrected chi connectivity index (χ3v) is 4.99. The Bertz CT molecular complexity index is 922. The summed E-state index contributed by atoms with van der Waals surface area (Å²) in [4.78, 5) is 40.3. The molecule has 0 aliphatic carbocycles. The van der Waals surface area contributed by atoms with E-state index in [0.717, 1.165) is 0 Å². The van der Waals surface area contributed by atoms with E-state index in [0.29, 0.717) is 48.6 Å². The summed E-state index contributed by atoms with van der Waals surface area (Å²) in [6.45, 7) is 3.32. The minimum absolute atomic E-state index is 0.181. The van der Waals surface area contributed by atoms with Crippen LogP contribution in [-0.4, -0.2) is 60.9 Å². The van der Waals surface area contributed by atoms with E-state index in [-0.39, 0.29) is 23.7 Å². The molecule has 0 bridgehead atoms. The fourth-order valence-corrected chi connectivity index (χ4v) is 3.23. The summed E-state index contributed by atoms with van der Waals surface area (Å²) in [5.74, 6) is -0.787. The molecule has 1 saturated heterocycles. The van der Waals surface area contributed by atoms with Gasteiger partial charge in [-0.1, -0.05) is 6.07 Å². The highest BCUT2D eigenvalue weighted by Crippen LogP contribution is 2.20. The summed E-state index contributed by atoms with van der Waals surface area (Å²) < 4.78 is 13.0. The molecule has 1 aliphatic rings. The highest BCUT2D eigenvalue weighted by molar-refractivity contribution is 5.99. The van der Waals surface area contributed by atoms with Crippen molar-refractivity contribution in [1.29, 1.82) is 0 Å². The number of nitrogens with zero attached hydrogens (tertiary/aromatic N) is 2. The standard InChI is InChI=1S/C21H23FN4O3/c1-14-17(19(27)23-2)4-3-5-18(14)24-21(29)26-12-10-25(11-13-26)20(28)15-6-8-16(22)9-7-15/h3-9H,10-13H2,1-2H3,(H,23,27)(H,24,29). The Hall–Kier alpha value is -3.42. The minimum Gasteiger partial charge on any atom is -0.355 e. The first-order valence-corrected chi connectivity index (χ1v) is 9.33. The van der Waals surface area contributed by atoms with Gasteiger partial charge in [-0.3, -0.25) is 9.59 Å². The van der Waals surface area contributed by atoms with E-state index in [9.17, 15) is 18.8 Å². The van der Waals surface area contributed by atoms with Crippen LogP contribution >= 0.6 is 0 Å². The van der Waals surface area contributed by atoms with Crippen LogP contribution in [0.5, 0.6) is 0 Å². The summed E-state index contributed by atoms with van der Waals surface area (Å²) in [6, 6.07) is 10.3. The van der Waals surface area contributed by atoms with E-state index < -0.39 is 0 Å². The van der Waals surface area contributed by atoms with Crippen LogP contribution in [-0.2, 0) is 0 Å². The number of hydrogen-bond donors (Lipinski definition) is 2. The first kappa shape index (κ1) is 20.3. The molecule has 1 heterocycles. The number of carbonyl (C=O) groups is 3. The largest absolute Gasteiger partial charge is 0.355 e. The van der Waals surface area contributed by atoms with Gasteiger partial charge in [-0.05, 0) is 48.9 Å². The molecule has 0 unspecified atom stereocenters. The Kier molecular flexibility index (Phi) is 6.11. The van der Waals surface area contributed by atoms with Gasteiger partial charge in [-0.25, -0.2) is 9.18 Å². The molecule has 2 aromatic carbocycles. The van der Waals surface area contributed by atoms with Crippen LogP contribution in [0.2, 0.25) is 0 Å². The molecular formula is C21H23FN4O3. The average molecular weight is 398 g/mol. The Labute approximate surface area is 168 Å². The maximum atomic E-state index is 13.0. The number of piperazine rings is 1. The summed E-state index contributed by atoms with van der Waals surface area (Å²) in [5, 5.41) is 5.42. The Morgan fingerprint density at radius 2 is 1.55 bits per heavy atom. The van der Waals surface area contributed by atoms with Gasteiger partial charge >= 0.3 is 6.03 Å². The summed E-state index contributed by atoms with van der Waals surface area (Å²) in [7, 11) is 1.56. The lowest BCUT2D eigenvalue weighted by atomic mass is 10.1. The summed E-state index contributed by atoms with van der Waals surface area (Å²) >= 11 is 0. The molecule has 7 nitrogen and oxygen atoms in total. The van der Waals surface area contributed by atoms with Crippen molar-refractivity contribution in [3.63, 3.8) is 0 Å². The van der Waals surface area contributed by atoms with Gasteiger partial charge in [-0.15, -0.1) is 0 Å². The van der Waals surface area contributed by atoms with E-state index in [1.165, 1.54) is 24.3 Å². The Balaban J connectivity index is 1.60. The zero-order valence-electron chi connectivity index (χ0n) is 16.4. The van der Waals surface area contributed by atoms with Crippen molar-refractivity contribution in [3.05, 3.63) is 65.0 Å². The molecule has 0 radical (unpaired) electrons. The fraction of sp³-hybridized carbons (Fsp3) is 0.286. The lowest BCUT2D eigenvalue weighted by Gasteiger charge is -2.35. The third-order valence-electron chi connectivity index (χ3n) is 4.99. The van der Waals surface area contributed by atoms with E-state index >= 15 is 0 Å². The van der Waals surface area contributed by atoms with Crippen LogP contribution in [0, 0.1) is 12.7 Å². The predicted octanol–water partition coefficient (Wildman–Crippen LogP) is 2.48. The summed E-state index contributed by atoms with van der Waals surface area (Å²) in [6.07, 6.45) is 0. The first-order valence-electron chi connectivity index (χ1n) is 9.33. The molecule has 1 fully saturated rings. The van der Waals surface area contributed by atoms with Crippen molar-refractivity contribution in [3.8, 4) is 0 Å². The van der Waals surface area contributed by atoms with Gasteiger partial charge in [0.1, 0.15) is 5.82 Å². The molecule has 0 aromatic heterocycles. The number of halogens is 1. The minimum atomic E-state index is -0.390. The number of urea groups is 1. The quantitative estimate of drug-likeness (QED) is 0.834. The van der Waals surface area contributed by atoms with Crippen molar-refractivity contribution >= 4 is 23.5 Å². The normalized spacial score (nSPS) is 13.8. The van der Waals surface area contributed by atoms with Gasteiger partial charge in [0.25, 0.3) is 11.8 Å². The average Bonchev–Trinajstić information content (AvgIpc) is 2.74. The van der Waals surface area contributed by atoms with Gasteiger partial charge in [0.15, 0.2) is 0 Å². The first-order chi connectivity index (χ1) is 13.9. The second-order valence-electron chi connectivity index (χ2n) is 6.77. The zero-order valence-corrected chi connectivity index (χ0v) is 16.4. The molecule has 0 spiro atoms. The number of hydrogen-bond acceptors (Lipinski definition) is 3. The highest BCUT2D eigenvalue weighted by Gasteiger charge is 2.25. The second kappa shape index (κ2) is 8.72. The number of benzene rings is 2. The maximum Gasteiger partial charge on any atom is 0.321 e. The number of carbonyl (C=O) groups excluding carboxylic acids is 3. The Morgan fingerprint density at radius 3 is 2.17 bits per heavy atom. The maximum absolute atomic E-state index is 13.0. The predicted molar refractivity (Wildman–Crippen MR) is 107 cm³/mol. The molecule has 0 atom stereocenters. The van der Waals surface area contributed by atoms with E-state index in [1.807, 2.05) is 0 Å². The monoisotopic (exact) mass is 398 g/mol. The van der Waals surface area contributed by atoms with Gasteiger partial charge in [0.2, 0.25) is 0 Å². The van der Waals surface area contributed by atoms with E-state index in [2.05, 4.69) is 10.6 Å². The van der Waals surface area contributed by atoms with E-state index in [4.69, 9.17) is 0 Å². The van der Waals surface area contributed by atoms with Crippen LogP contribution in [0.4, 0.5) is 14.9 Å². The van der Waals surface area contributed by atoms with E-state index in [1.54, 1.807) is 42.0 Å². The molecule has 152 valence electrons. The zero-order chi connectivity index (χ0) is 21.0. The van der Waals surface area contributed by atoms with Crippen molar-refractivity contribution in [2.45, 2.75) is 6.92 Å². The molecule has 2 N–H and O–H groups in total. The molecular weight excluding hydrogens is 375 g/mol. The number of rotatable bonds is 3. The van der Waals surface area contributed by atoms with Crippen molar-refractivity contribution in [2.75, 3.05) is 38.5 Å². The summed E-state index contributed by atoms with van der Waals surface area (Å²) in [5.41, 5.74) is 2.18. The fourth-order valence-electron chi connectivity index (χ4n) is 3.23. The topological polar surface area (TPSA) is 81.8 Å². The van der Waals surface area contributed by atoms with Crippen LogP contribution in [0.25, 0.3) is 0 Å². The van der Waals surface area contributed by atoms with Crippen LogP contribution in [0.1, 0.15) is 26.3 Å².